The van der Waals surface area contributed by atoms with Crippen LogP contribution in [0.3, 0.4) is 0 Å². The summed E-state index contributed by atoms with van der Waals surface area (Å²) in [6.07, 6.45) is 8.62. The molecule has 1 aliphatic carbocycles. The van der Waals surface area contributed by atoms with Gasteiger partial charge in [0.25, 0.3) is 0 Å². The number of tetrazole rings is 1. The fraction of sp³-hybridized carbons (Fsp3) is 0.692. The van der Waals surface area contributed by atoms with E-state index in [1.54, 1.807) is 16.9 Å². The maximum absolute atomic E-state index is 4.19. The molecule has 2 aromatic heterocycles. The standard InChI is InChI=1S/C13H20N6/c1-9(2)10-5-3-4-6-11(10)15-12-7-14-8-13-16-17-18-19(12)13/h7-11,15H,3-6H2,1-2H3. The molecule has 0 aromatic carbocycles. The molecule has 2 unspecified atom stereocenters. The molecule has 0 aliphatic heterocycles. The summed E-state index contributed by atoms with van der Waals surface area (Å²) in [5, 5.41) is 15.2. The van der Waals surface area contributed by atoms with Gasteiger partial charge in [-0.15, -0.1) is 5.10 Å². The van der Waals surface area contributed by atoms with Crippen molar-refractivity contribution in [3.63, 3.8) is 0 Å². The van der Waals surface area contributed by atoms with E-state index in [1.165, 1.54) is 25.7 Å². The average Bonchev–Trinajstić information content (AvgIpc) is 2.88. The van der Waals surface area contributed by atoms with E-state index >= 15 is 0 Å². The van der Waals surface area contributed by atoms with Crippen LogP contribution < -0.4 is 5.32 Å². The van der Waals surface area contributed by atoms with Crippen molar-refractivity contribution in [1.82, 2.24) is 25.0 Å². The third kappa shape index (κ3) is 2.39. The van der Waals surface area contributed by atoms with Gasteiger partial charge >= 0.3 is 0 Å². The van der Waals surface area contributed by atoms with E-state index in [1.807, 2.05) is 0 Å². The highest BCUT2D eigenvalue weighted by molar-refractivity contribution is 5.44. The lowest BCUT2D eigenvalue weighted by Gasteiger charge is -2.35. The summed E-state index contributed by atoms with van der Waals surface area (Å²) < 4.78 is 1.72. The van der Waals surface area contributed by atoms with Gasteiger partial charge in [0, 0.05) is 6.04 Å². The van der Waals surface area contributed by atoms with Gasteiger partial charge in [-0.1, -0.05) is 26.7 Å². The molecule has 6 heteroatoms. The summed E-state index contributed by atoms with van der Waals surface area (Å²) >= 11 is 0. The van der Waals surface area contributed by atoms with Crippen LogP contribution >= 0.6 is 0 Å². The molecule has 2 heterocycles. The van der Waals surface area contributed by atoms with Crippen molar-refractivity contribution in [2.24, 2.45) is 11.8 Å². The van der Waals surface area contributed by atoms with Gasteiger partial charge in [0.1, 0.15) is 0 Å². The number of rotatable bonds is 3. The Balaban J connectivity index is 1.85. The molecule has 2 aromatic rings. The molecule has 102 valence electrons. The largest absolute Gasteiger partial charge is 0.366 e. The predicted molar refractivity (Wildman–Crippen MR) is 72.8 cm³/mol. The van der Waals surface area contributed by atoms with Gasteiger partial charge in [-0.3, -0.25) is 4.98 Å². The first-order valence-electron chi connectivity index (χ1n) is 7.04. The van der Waals surface area contributed by atoms with Crippen LogP contribution in [0.15, 0.2) is 12.4 Å². The molecule has 3 rings (SSSR count). The number of anilines is 1. The Kier molecular flexibility index (Phi) is 3.31. The first-order valence-corrected chi connectivity index (χ1v) is 7.04. The molecule has 0 bridgehead atoms. The molecule has 6 nitrogen and oxygen atoms in total. The fourth-order valence-corrected chi connectivity index (χ4v) is 3.10. The lowest BCUT2D eigenvalue weighted by Crippen LogP contribution is -2.35. The topological polar surface area (TPSA) is 68.0 Å². The molecule has 2 atom stereocenters. The van der Waals surface area contributed by atoms with Gasteiger partial charge in [-0.2, -0.15) is 4.52 Å². The number of nitrogens with one attached hydrogen (secondary N) is 1. The minimum Gasteiger partial charge on any atom is -0.366 e. The Morgan fingerprint density at radius 3 is 2.95 bits per heavy atom. The molecule has 0 spiro atoms. The SMILES string of the molecule is CC(C)C1CCCCC1Nc1cncc2nnnn12. The molecule has 1 aliphatic rings. The van der Waals surface area contributed by atoms with Gasteiger partial charge in [0.2, 0.25) is 0 Å². The molecular formula is C13H20N6. The van der Waals surface area contributed by atoms with E-state index in [0.29, 0.717) is 23.5 Å². The minimum atomic E-state index is 0.491. The van der Waals surface area contributed by atoms with Crippen LogP contribution in [0, 0.1) is 11.8 Å². The quantitative estimate of drug-likeness (QED) is 0.915. The summed E-state index contributed by atoms with van der Waals surface area (Å²) in [7, 11) is 0. The Morgan fingerprint density at radius 2 is 2.11 bits per heavy atom. The maximum atomic E-state index is 4.19. The smallest absolute Gasteiger partial charge is 0.199 e. The summed E-state index contributed by atoms with van der Waals surface area (Å²) in [4.78, 5) is 4.19. The first kappa shape index (κ1) is 12.3. The summed E-state index contributed by atoms with van der Waals surface area (Å²) in [6.45, 7) is 4.61. The van der Waals surface area contributed by atoms with Crippen LogP contribution in [0.4, 0.5) is 5.82 Å². The molecule has 19 heavy (non-hydrogen) atoms. The zero-order valence-electron chi connectivity index (χ0n) is 11.5. The summed E-state index contributed by atoms with van der Waals surface area (Å²) in [6, 6.07) is 0.491. The van der Waals surface area contributed by atoms with E-state index in [-0.39, 0.29) is 0 Å². The number of hydrogen-bond acceptors (Lipinski definition) is 5. The number of fused-ring (bicyclic) bond motifs is 1. The normalized spacial score (nSPS) is 23.9. The van der Waals surface area contributed by atoms with Gasteiger partial charge in [-0.05, 0) is 35.1 Å². The van der Waals surface area contributed by atoms with Gasteiger partial charge < -0.3 is 5.32 Å². The lowest BCUT2D eigenvalue weighted by atomic mass is 9.78. The van der Waals surface area contributed by atoms with Crippen LogP contribution in [0.2, 0.25) is 0 Å². The second kappa shape index (κ2) is 5.11. The Morgan fingerprint density at radius 1 is 1.26 bits per heavy atom. The van der Waals surface area contributed by atoms with Crippen molar-refractivity contribution in [2.75, 3.05) is 5.32 Å². The van der Waals surface area contributed by atoms with Crippen LogP contribution in [-0.2, 0) is 0 Å². The highest BCUT2D eigenvalue weighted by atomic mass is 15.5. The second-order valence-electron chi connectivity index (χ2n) is 5.68. The molecule has 1 N–H and O–H groups in total. The van der Waals surface area contributed by atoms with Crippen molar-refractivity contribution in [2.45, 2.75) is 45.6 Å². The van der Waals surface area contributed by atoms with Crippen LogP contribution in [0.1, 0.15) is 39.5 Å². The zero-order chi connectivity index (χ0) is 13.2. The number of aromatic nitrogens is 5. The highest BCUT2D eigenvalue weighted by Crippen LogP contribution is 2.32. The van der Waals surface area contributed by atoms with Gasteiger partial charge in [-0.25, -0.2) is 0 Å². The monoisotopic (exact) mass is 260 g/mol. The van der Waals surface area contributed by atoms with Gasteiger partial charge in [0.15, 0.2) is 11.5 Å². The number of hydrogen-bond donors (Lipinski definition) is 1. The second-order valence-corrected chi connectivity index (χ2v) is 5.68. The van der Waals surface area contributed by atoms with E-state index in [2.05, 4.69) is 39.7 Å². The van der Waals surface area contributed by atoms with Gasteiger partial charge in [0.05, 0.1) is 12.4 Å². The summed E-state index contributed by atoms with van der Waals surface area (Å²) in [5.41, 5.74) is 0.682. The molecule has 1 saturated carbocycles. The average molecular weight is 260 g/mol. The number of nitrogens with zero attached hydrogens (tertiary/aromatic N) is 5. The highest BCUT2D eigenvalue weighted by Gasteiger charge is 2.28. The molecule has 0 saturated heterocycles. The fourth-order valence-electron chi connectivity index (χ4n) is 3.10. The van der Waals surface area contributed by atoms with Crippen molar-refractivity contribution in [3.8, 4) is 0 Å². The minimum absolute atomic E-state index is 0.491. The van der Waals surface area contributed by atoms with Crippen molar-refractivity contribution >= 4 is 11.5 Å². The van der Waals surface area contributed by atoms with Crippen molar-refractivity contribution in [1.29, 1.82) is 0 Å². The van der Waals surface area contributed by atoms with Crippen LogP contribution in [0.5, 0.6) is 0 Å². The zero-order valence-corrected chi connectivity index (χ0v) is 11.5. The van der Waals surface area contributed by atoms with E-state index in [4.69, 9.17) is 0 Å². The summed E-state index contributed by atoms with van der Waals surface area (Å²) in [5.74, 6) is 2.29. The Bertz CT molecular complexity index is 549. The first-order chi connectivity index (χ1) is 9.25. The lowest BCUT2D eigenvalue weighted by molar-refractivity contribution is 0.253. The van der Waals surface area contributed by atoms with E-state index in [9.17, 15) is 0 Å². The molecule has 1 fully saturated rings. The molecular weight excluding hydrogens is 240 g/mol. The third-order valence-corrected chi connectivity index (χ3v) is 4.12. The van der Waals surface area contributed by atoms with Crippen molar-refractivity contribution in [3.05, 3.63) is 12.4 Å². The van der Waals surface area contributed by atoms with E-state index < -0.39 is 0 Å². The molecule has 0 radical (unpaired) electrons. The Labute approximate surface area is 112 Å². The third-order valence-electron chi connectivity index (χ3n) is 4.12. The van der Waals surface area contributed by atoms with Crippen LogP contribution in [-0.4, -0.2) is 31.1 Å². The molecule has 0 amide bonds. The Hall–Kier alpha value is -1.72. The maximum Gasteiger partial charge on any atom is 0.199 e. The van der Waals surface area contributed by atoms with E-state index in [0.717, 1.165) is 5.82 Å². The van der Waals surface area contributed by atoms with Crippen molar-refractivity contribution < 1.29 is 0 Å². The van der Waals surface area contributed by atoms with Crippen LogP contribution in [0.25, 0.3) is 5.65 Å². The predicted octanol–water partition coefficient (Wildman–Crippen LogP) is 2.15.